The van der Waals surface area contributed by atoms with Crippen LogP contribution in [0, 0.1) is 0 Å². The average molecular weight is 418 g/mol. The zero-order valence-corrected chi connectivity index (χ0v) is 17.7. The van der Waals surface area contributed by atoms with Gasteiger partial charge in [0.1, 0.15) is 11.5 Å². The second-order valence-electron chi connectivity index (χ2n) is 8.06. The van der Waals surface area contributed by atoms with Crippen LogP contribution in [0.15, 0.2) is 91.0 Å². The van der Waals surface area contributed by atoms with E-state index in [1.165, 1.54) is 0 Å². The van der Waals surface area contributed by atoms with E-state index in [1.54, 1.807) is 0 Å². The third-order valence-electron chi connectivity index (χ3n) is 6.30. The molecular weight excluding hydrogens is 396 g/mol. The number of phenols is 1. The number of hydrogen-bond acceptors (Lipinski definition) is 3. The largest absolute Gasteiger partial charge is 0.504 e. The van der Waals surface area contributed by atoms with Crippen molar-refractivity contribution in [3.63, 3.8) is 0 Å². The summed E-state index contributed by atoms with van der Waals surface area (Å²) in [5.74, 6) is 2.11. The molecule has 0 fully saturated rings. The van der Waals surface area contributed by atoms with Crippen LogP contribution in [0.2, 0.25) is 0 Å². The van der Waals surface area contributed by atoms with Crippen LogP contribution in [-0.4, -0.2) is 11.7 Å². The molecule has 5 aromatic rings. The first-order valence-corrected chi connectivity index (χ1v) is 10.9. The minimum absolute atomic E-state index is 0.180. The van der Waals surface area contributed by atoms with Crippen molar-refractivity contribution >= 4 is 21.5 Å². The van der Waals surface area contributed by atoms with Gasteiger partial charge >= 0.3 is 0 Å². The molecule has 1 aliphatic rings. The molecule has 0 amide bonds. The van der Waals surface area contributed by atoms with E-state index < -0.39 is 0 Å². The van der Waals surface area contributed by atoms with Gasteiger partial charge in [-0.05, 0) is 46.7 Å². The maximum Gasteiger partial charge on any atom is 0.161 e. The predicted molar refractivity (Wildman–Crippen MR) is 128 cm³/mol. The van der Waals surface area contributed by atoms with Crippen LogP contribution in [0.25, 0.3) is 21.5 Å². The van der Waals surface area contributed by atoms with Crippen molar-refractivity contribution in [3.8, 4) is 23.0 Å². The molecule has 156 valence electrons. The van der Waals surface area contributed by atoms with Crippen molar-refractivity contribution in [1.82, 2.24) is 0 Å². The van der Waals surface area contributed by atoms with Gasteiger partial charge in [-0.2, -0.15) is 0 Å². The van der Waals surface area contributed by atoms with Gasteiger partial charge in [0.2, 0.25) is 0 Å². The molecule has 1 N–H and O–H groups in total. The van der Waals surface area contributed by atoms with Crippen LogP contribution in [0.4, 0.5) is 0 Å². The van der Waals surface area contributed by atoms with Gasteiger partial charge in [0.15, 0.2) is 11.5 Å². The van der Waals surface area contributed by atoms with Crippen LogP contribution in [0.5, 0.6) is 23.0 Å². The first-order valence-electron chi connectivity index (χ1n) is 10.9. The number of rotatable bonds is 3. The molecule has 0 radical (unpaired) electrons. The molecule has 0 saturated heterocycles. The Bertz CT molecular complexity index is 1400. The van der Waals surface area contributed by atoms with E-state index in [0.29, 0.717) is 12.4 Å². The number of ether oxygens (including phenoxy) is 2. The van der Waals surface area contributed by atoms with E-state index in [4.69, 9.17) is 9.47 Å². The summed E-state index contributed by atoms with van der Waals surface area (Å²) in [4.78, 5) is 0. The minimum Gasteiger partial charge on any atom is -0.504 e. The highest BCUT2D eigenvalue weighted by Crippen LogP contribution is 2.54. The molecule has 0 aliphatic carbocycles. The zero-order chi connectivity index (χ0) is 21.7. The second-order valence-corrected chi connectivity index (χ2v) is 8.06. The molecule has 1 heterocycles. The molecule has 5 aromatic carbocycles. The Balaban J connectivity index is 1.74. The SMILES string of the molecule is CCOc1cccc(C2c3c(ccc4ccccc34)Oc3ccc4ccccc4c32)c1O. The molecule has 3 heteroatoms. The lowest BCUT2D eigenvalue weighted by Gasteiger charge is -2.31. The summed E-state index contributed by atoms with van der Waals surface area (Å²) in [5.41, 5.74) is 2.95. The highest BCUT2D eigenvalue weighted by Gasteiger charge is 2.34. The highest BCUT2D eigenvalue weighted by atomic mass is 16.5. The fraction of sp³-hybridized carbons (Fsp3) is 0.103. The normalized spacial score (nSPS) is 12.9. The van der Waals surface area contributed by atoms with Gasteiger partial charge in [0.25, 0.3) is 0 Å². The second kappa shape index (κ2) is 7.31. The van der Waals surface area contributed by atoms with Gasteiger partial charge in [-0.15, -0.1) is 0 Å². The Morgan fingerprint density at radius 2 is 1.31 bits per heavy atom. The Morgan fingerprint density at radius 3 is 1.91 bits per heavy atom. The fourth-order valence-electron chi connectivity index (χ4n) is 4.94. The average Bonchev–Trinajstić information content (AvgIpc) is 2.84. The number of para-hydroxylation sites is 1. The van der Waals surface area contributed by atoms with Crippen molar-refractivity contribution in [3.05, 3.63) is 108 Å². The minimum atomic E-state index is -0.202. The number of phenolic OH excluding ortho intramolecular Hbond substituents is 1. The van der Waals surface area contributed by atoms with E-state index in [0.717, 1.165) is 49.7 Å². The molecule has 0 spiro atoms. The standard InChI is InChI=1S/C29H22O3/c1-2-31-25-13-7-12-22(29(25)30)28-26-20-10-5-3-8-18(20)14-16-23(26)32-24-17-15-19-9-4-6-11-21(19)27(24)28/h3-17,28,30H,2H2,1H3. The van der Waals surface area contributed by atoms with Gasteiger partial charge in [-0.1, -0.05) is 72.8 Å². The van der Waals surface area contributed by atoms with Gasteiger partial charge in [-0.3, -0.25) is 0 Å². The summed E-state index contributed by atoms with van der Waals surface area (Å²) in [6.45, 7) is 2.41. The first kappa shape index (κ1) is 18.8. The summed E-state index contributed by atoms with van der Waals surface area (Å²) >= 11 is 0. The summed E-state index contributed by atoms with van der Waals surface area (Å²) in [5, 5.41) is 15.8. The van der Waals surface area contributed by atoms with Gasteiger partial charge < -0.3 is 14.6 Å². The zero-order valence-electron chi connectivity index (χ0n) is 17.7. The maximum absolute atomic E-state index is 11.3. The fourth-order valence-corrected chi connectivity index (χ4v) is 4.94. The Morgan fingerprint density at radius 1 is 0.719 bits per heavy atom. The van der Waals surface area contributed by atoms with Crippen LogP contribution < -0.4 is 9.47 Å². The first-order chi connectivity index (χ1) is 15.8. The Kier molecular flexibility index (Phi) is 4.29. The molecule has 0 unspecified atom stereocenters. The summed E-state index contributed by atoms with van der Waals surface area (Å²) in [7, 11) is 0. The Hall–Kier alpha value is -3.98. The topological polar surface area (TPSA) is 38.7 Å². The molecular formula is C29H22O3. The molecule has 3 nitrogen and oxygen atoms in total. The van der Waals surface area contributed by atoms with E-state index in [1.807, 2.05) is 49.4 Å². The van der Waals surface area contributed by atoms with Gasteiger partial charge in [0, 0.05) is 22.6 Å². The van der Waals surface area contributed by atoms with E-state index in [-0.39, 0.29) is 11.7 Å². The molecule has 0 saturated carbocycles. The van der Waals surface area contributed by atoms with E-state index in [2.05, 4.69) is 48.5 Å². The van der Waals surface area contributed by atoms with Crippen molar-refractivity contribution in [2.75, 3.05) is 6.61 Å². The maximum atomic E-state index is 11.3. The summed E-state index contributed by atoms with van der Waals surface area (Å²) in [6, 6.07) is 30.7. The lowest BCUT2D eigenvalue weighted by molar-refractivity contribution is 0.316. The smallest absolute Gasteiger partial charge is 0.161 e. The molecule has 1 aliphatic heterocycles. The molecule has 0 aromatic heterocycles. The lowest BCUT2D eigenvalue weighted by atomic mass is 9.78. The van der Waals surface area contributed by atoms with Crippen molar-refractivity contribution in [1.29, 1.82) is 0 Å². The van der Waals surface area contributed by atoms with E-state index >= 15 is 0 Å². The third kappa shape index (κ3) is 2.75. The summed E-state index contributed by atoms with van der Waals surface area (Å²) < 4.78 is 12.2. The number of hydrogen-bond donors (Lipinski definition) is 1. The van der Waals surface area contributed by atoms with Crippen LogP contribution in [-0.2, 0) is 0 Å². The van der Waals surface area contributed by atoms with Crippen LogP contribution in [0.3, 0.4) is 0 Å². The molecule has 0 bridgehead atoms. The van der Waals surface area contributed by atoms with Crippen molar-refractivity contribution in [2.24, 2.45) is 0 Å². The van der Waals surface area contributed by atoms with Crippen LogP contribution >= 0.6 is 0 Å². The monoisotopic (exact) mass is 418 g/mol. The Labute approximate surface area is 186 Å². The molecule has 6 rings (SSSR count). The predicted octanol–water partition coefficient (Wildman–Crippen LogP) is 7.38. The van der Waals surface area contributed by atoms with E-state index in [9.17, 15) is 5.11 Å². The van der Waals surface area contributed by atoms with Crippen molar-refractivity contribution in [2.45, 2.75) is 12.8 Å². The van der Waals surface area contributed by atoms with Crippen molar-refractivity contribution < 1.29 is 14.6 Å². The number of fused-ring (bicyclic) bond motifs is 6. The lowest BCUT2D eigenvalue weighted by Crippen LogP contribution is -2.13. The molecule has 0 atom stereocenters. The van der Waals surface area contributed by atoms with Gasteiger partial charge in [-0.25, -0.2) is 0 Å². The third-order valence-corrected chi connectivity index (χ3v) is 6.30. The quantitative estimate of drug-likeness (QED) is 0.326. The number of benzene rings is 5. The number of aromatic hydroxyl groups is 1. The van der Waals surface area contributed by atoms with Crippen LogP contribution in [0.1, 0.15) is 29.5 Å². The van der Waals surface area contributed by atoms with Gasteiger partial charge in [0.05, 0.1) is 6.61 Å². The summed E-state index contributed by atoms with van der Waals surface area (Å²) in [6.07, 6.45) is 0. The molecule has 32 heavy (non-hydrogen) atoms. The highest BCUT2D eigenvalue weighted by molar-refractivity contribution is 5.95.